The highest BCUT2D eigenvalue weighted by Gasteiger charge is 2.17. The molecule has 76 valence electrons. The minimum Gasteiger partial charge on any atom is -0.508 e. The molecule has 0 saturated carbocycles. The maximum Gasteiger partial charge on any atom is 0.115 e. The Morgan fingerprint density at radius 2 is 1.79 bits per heavy atom. The lowest BCUT2D eigenvalue weighted by Gasteiger charge is -2.14. The lowest BCUT2D eigenvalue weighted by atomic mass is 9.99. The van der Waals surface area contributed by atoms with Crippen LogP contribution in [-0.2, 0) is 12.8 Å². The fourth-order valence-electron chi connectivity index (χ4n) is 2.26. The highest BCUT2D eigenvalue weighted by Crippen LogP contribution is 2.22. The maximum absolute atomic E-state index is 9.41. The maximum atomic E-state index is 9.41. The van der Waals surface area contributed by atoms with E-state index in [1.807, 2.05) is 12.1 Å². The quantitative estimate of drug-likeness (QED) is 0.656. The zero-order chi connectivity index (χ0) is 10.1. The van der Waals surface area contributed by atoms with Gasteiger partial charge in [-0.05, 0) is 49.9 Å². The predicted octanol–water partition coefficient (Wildman–Crippen LogP) is 1.86. The fraction of sp³-hybridized carbons (Fsp3) is 0.500. The molecule has 2 rings (SSSR count). The van der Waals surface area contributed by atoms with Crippen molar-refractivity contribution in [3.05, 3.63) is 29.3 Å². The van der Waals surface area contributed by atoms with Crippen LogP contribution in [-0.4, -0.2) is 17.2 Å². The summed E-state index contributed by atoms with van der Waals surface area (Å²) in [4.78, 5) is 0. The molecule has 0 bridgehead atoms. The highest BCUT2D eigenvalue weighted by atomic mass is 16.3. The topological polar surface area (TPSA) is 32.3 Å². The Bertz CT molecular complexity index is 335. The molecule has 0 aliphatic carbocycles. The van der Waals surface area contributed by atoms with Crippen molar-refractivity contribution in [1.82, 2.24) is 5.32 Å². The predicted molar refractivity (Wildman–Crippen MR) is 57.6 cm³/mol. The van der Waals surface area contributed by atoms with Crippen molar-refractivity contribution >= 4 is 0 Å². The minimum absolute atomic E-state index is 0.380. The van der Waals surface area contributed by atoms with Crippen LogP contribution in [0.5, 0.6) is 5.75 Å². The van der Waals surface area contributed by atoms with E-state index in [1.54, 1.807) is 6.07 Å². The number of rotatable bonds is 0. The monoisotopic (exact) mass is 191 g/mol. The van der Waals surface area contributed by atoms with E-state index in [0.29, 0.717) is 17.8 Å². The Labute approximate surface area is 85.0 Å². The molecule has 0 aromatic heterocycles. The normalized spacial score (nSPS) is 26.7. The van der Waals surface area contributed by atoms with Gasteiger partial charge in [0.05, 0.1) is 0 Å². The second-order valence-corrected chi connectivity index (χ2v) is 4.33. The molecule has 1 aromatic rings. The summed E-state index contributed by atoms with van der Waals surface area (Å²) >= 11 is 0. The smallest absolute Gasteiger partial charge is 0.115 e. The van der Waals surface area contributed by atoms with E-state index in [9.17, 15) is 5.11 Å². The number of phenols is 1. The van der Waals surface area contributed by atoms with Crippen molar-refractivity contribution in [3.8, 4) is 5.75 Å². The van der Waals surface area contributed by atoms with Crippen molar-refractivity contribution in [2.75, 3.05) is 0 Å². The summed E-state index contributed by atoms with van der Waals surface area (Å²) < 4.78 is 0. The average Bonchev–Trinajstić information content (AvgIpc) is 2.21. The van der Waals surface area contributed by atoms with E-state index in [4.69, 9.17) is 0 Å². The van der Waals surface area contributed by atoms with E-state index >= 15 is 0 Å². The van der Waals surface area contributed by atoms with Crippen LogP contribution in [0.4, 0.5) is 0 Å². The van der Waals surface area contributed by atoms with E-state index < -0.39 is 0 Å². The van der Waals surface area contributed by atoms with Crippen molar-refractivity contribution in [3.63, 3.8) is 0 Å². The van der Waals surface area contributed by atoms with Crippen LogP contribution in [0.3, 0.4) is 0 Å². The molecular formula is C12H17NO. The van der Waals surface area contributed by atoms with Crippen molar-refractivity contribution in [2.24, 2.45) is 0 Å². The van der Waals surface area contributed by atoms with Crippen LogP contribution in [0.25, 0.3) is 0 Å². The van der Waals surface area contributed by atoms with Crippen LogP contribution in [0.2, 0.25) is 0 Å². The van der Waals surface area contributed by atoms with Gasteiger partial charge in [-0.1, -0.05) is 6.07 Å². The molecule has 1 aliphatic rings. The molecule has 2 heteroatoms. The van der Waals surface area contributed by atoms with Gasteiger partial charge >= 0.3 is 0 Å². The third-order valence-electron chi connectivity index (χ3n) is 2.81. The molecule has 0 amide bonds. The van der Waals surface area contributed by atoms with Crippen molar-refractivity contribution in [1.29, 1.82) is 0 Å². The molecule has 2 N–H and O–H groups in total. The van der Waals surface area contributed by atoms with E-state index in [0.717, 1.165) is 12.8 Å². The standard InChI is InChI=1S/C12H17NO/c1-8-5-10-3-4-12(14)7-11(10)6-9(2)13-8/h3-4,7-9,13-14H,5-6H2,1-2H3. The van der Waals surface area contributed by atoms with Gasteiger partial charge in [0.15, 0.2) is 0 Å². The number of benzene rings is 1. The third-order valence-corrected chi connectivity index (χ3v) is 2.81. The van der Waals surface area contributed by atoms with Crippen LogP contribution in [0, 0.1) is 0 Å². The Kier molecular flexibility index (Phi) is 2.46. The summed E-state index contributed by atoms with van der Waals surface area (Å²) in [7, 11) is 0. The molecular weight excluding hydrogens is 174 g/mol. The fourth-order valence-corrected chi connectivity index (χ4v) is 2.26. The number of fused-ring (bicyclic) bond motifs is 1. The zero-order valence-corrected chi connectivity index (χ0v) is 8.75. The lowest BCUT2D eigenvalue weighted by Crippen LogP contribution is -2.34. The van der Waals surface area contributed by atoms with Crippen LogP contribution in [0.1, 0.15) is 25.0 Å². The summed E-state index contributed by atoms with van der Waals surface area (Å²) in [6, 6.07) is 6.73. The van der Waals surface area contributed by atoms with Gasteiger partial charge in [-0.25, -0.2) is 0 Å². The van der Waals surface area contributed by atoms with Gasteiger partial charge in [0.1, 0.15) is 5.75 Å². The van der Waals surface area contributed by atoms with Gasteiger partial charge in [0.25, 0.3) is 0 Å². The SMILES string of the molecule is CC1Cc2ccc(O)cc2CC(C)N1. The first-order chi connectivity index (χ1) is 6.65. The van der Waals surface area contributed by atoms with Gasteiger partial charge < -0.3 is 10.4 Å². The molecule has 14 heavy (non-hydrogen) atoms. The number of aromatic hydroxyl groups is 1. The Morgan fingerprint density at radius 3 is 2.50 bits per heavy atom. The molecule has 2 unspecified atom stereocenters. The second kappa shape index (κ2) is 3.62. The number of hydrogen-bond acceptors (Lipinski definition) is 2. The first-order valence-corrected chi connectivity index (χ1v) is 5.22. The van der Waals surface area contributed by atoms with E-state index in [2.05, 4.69) is 19.2 Å². The Morgan fingerprint density at radius 1 is 1.14 bits per heavy atom. The molecule has 2 nitrogen and oxygen atoms in total. The van der Waals surface area contributed by atoms with E-state index in [-0.39, 0.29) is 0 Å². The zero-order valence-electron chi connectivity index (χ0n) is 8.75. The molecule has 2 atom stereocenters. The van der Waals surface area contributed by atoms with Crippen LogP contribution >= 0.6 is 0 Å². The highest BCUT2D eigenvalue weighted by molar-refractivity contribution is 5.36. The lowest BCUT2D eigenvalue weighted by molar-refractivity contribution is 0.472. The van der Waals surface area contributed by atoms with Gasteiger partial charge in [0, 0.05) is 12.1 Å². The number of hydrogen-bond donors (Lipinski definition) is 2. The first kappa shape index (κ1) is 9.53. The molecule has 0 spiro atoms. The van der Waals surface area contributed by atoms with E-state index in [1.165, 1.54) is 11.1 Å². The average molecular weight is 191 g/mol. The van der Waals surface area contributed by atoms with Gasteiger partial charge in [0.2, 0.25) is 0 Å². The molecule has 1 heterocycles. The van der Waals surface area contributed by atoms with Crippen molar-refractivity contribution < 1.29 is 5.11 Å². The molecule has 1 aliphatic heterocycles. The molecule has 0 radical (unpaired) electrons. The summed E-state index contributed by atoms with van der Waals surface area (Å²) in [5.74, 6) is 0.380. The molecule has 0 fully saturated rings. The van der Waals surface area contributed by atoms with Crippen LogP contribution < -0.4 is 5.32 Å². The summed E-state index contributed by atoms with van der Waals surface area (Å²) in [5.41, 5.74) is 2.65. The molecule has 0 saturated heterocycles. The molecule has 1 aromatic carbocycles. The van der Waals surface area contributed by atoms with Gasteiger partial charge in [-0.15, -0.1) is 0 Å². The minimum atomic E-state index is 0.380. The van der Waals surface area contributed by atoms with Gasteiger partial charge in [-0.3, -0.25) is 0 Å². The van der Waals surface area contributed by atoms with Crippen LogP contribution in [0.15, 0.2) is 18.2 Å². The van der Waals surface area contributed by atoms with Gasteiger partial charge in [-0.2, -0.15) is 0 Å². The second-order valence-electron chi connectivity index (χ2n) is 4.33. The third kappa shape index (κ3) is 1.90. The van der Waals surface area contributed by atoms with Crippen molar-refractivity contribution in [2.45, 2.75) is 38.8 Å². The number of nitrogens with one attached hydrogen (secondary N) is 1. The summed E-state index contributed by atoms with van der Waals surface area (Å²) in [6.45, 7) is 4.40. The first-order valence-electron chi connectivity index (χ1n) is 5.22. The summed E-state index contributed by atoms with van der Waals surface area (Å²) in [5, 5.41) is 12.9. The number of phenolic OH excluding ortho intramolecular Hbond substituents is 1. The Balaban J connectivity index is 2.36. The Hall–Kier alpha value is -1.02. The largest absolute Gasteiger partial charge is 0.508 e. The summed E-state index contributed by atoms with van der Waals surface area (Å²) in [6.07, 6.45) is 2.06.